The van der Waals surface area contributed by atoms with Crippen molar-refractivity contribution in [3.05, 3.63) is 28.5 Å². The topological polar surface area (TPSA) is 34.1 Å². The van der Waals surface area contributed by atoms with Gasteiger partial charge in [-0.2, -0.15) is 0 Å². The van der Waals surface area contributed by atoms with Gasteiger partial charge in [-0.1, -0.05) is 6.92 Å². The maximum Gasteiger partial charge on any atom is 0.0714 e. The third-order valence-corrected chi connectivity index (χ3v) is 4.15. The highest BCUT2D eigenvalue weighted by molar-refractivity contribution is 9.10. The van der Waals surface area contributed by atoms with Gasteiger partial charge in [-0.15, -0.1) is 0 Å². The Hall–Kier alpha value is -0.450. The maximum atomic E-state index is 5.43. The van der Waals surface area contributed by atoms with E-state index >= 15 is 0 Å². The highest BCUT2D eigenvalue weighted by Gasteiger charge is 2.22. The van der Waals surface area contributed by atoms with Crippen molar-refractivity contribution in [3.8, 4) is 0 Å². The van der Waals surface area contributed by atoms with Crippen molar-refractivity contribution in [1.82, 2.24) is 10.3 Å². The molecule has 0 bridgehead atoms. The third-order valence-electron chi connectivity index (χ3n) is 3.48. The van der Waals surface area contributed by atoms with Crippen LogP contribution in [0.5, 0.6) is 0 Å². The molecule has 1 unspecified atom stereocenters. The zero-order valence-corrected chi connectivity index (χ0v) is 12.4. The van der Waals surface area contributed by atoms with E-state index in [9.17, 15) is 0 Å². The standard InChI is InChI=1S/C14H21BrN2O/c1-2-16-13(10-11-5-8-18-9-6-11)14-12(15)4-3-7-17-14/h3-4,7,11,13,16H,2,5-6,8-10H2,1H3. The summed E-state index contributed by atoms with van der Waals surface area (Å²) in [7, 11) is 0. The van der Waals surface area contributed by atoms with Crippen LogP contribution in [0.1, 0.15) is 37.9 Å². The highest BCUT2D eigenvalue weighted by atomic mass is 79.9. The van der Waals surface area contributed by atoms with E-state index in [1.807, 2.05) is 12.3 Å². The Morgan fingerprint density at radius 3 is 2.94 bits per heavy atom. The fourth-order valence-electron chi connectivity index (χ4n) is 2.51. The van der Waals surface area contributed by atoms with Crippen LogP contribution in [0.15, 0.2) is 22.8 Å². The van der Waals surface area contributed by atoms with Gasteiger partial charge in [0, 0.05) is 23.9 Å². The van der Waals surface area contributed by atoms with Crippen LogP contribution in [-0.4, -0.2) is 24.7 Å². The first-order valence-electron chi connectivity index (χ1n) is 6.72. The number of hydrogen-bond donors (Lipinski definition) is 1. The van der Waals surface area contributed by atoms with Crippen LogP contribution in [-0.2, 0) is 4.74 Å². The summed E-state index contributed by atoms with van der Waals surface area (Å²) in [5, 5.41) is 3.55. The molecule has 0 saturated carbocycles. The summed E-state index contributed by atoms with van der Waals surface area (Å²) in [5.41, 5.74) is 1.13. The molecule has 2 rings (SSSR count). The van der Waals surface area contributed by atoms with Gasteiger partial charge >= 0.3 is 0 Å². The molecule has 1 saturated heterocycles. The Bertz CT molecular complexity index is 367. The van der Waals surface area contributed by atoms with Gasteiger partial charge in [0.1, 0.15) is 0 Å². The van der Waals surface area contributed by atoms with Gasteiger partial charge in [0.15, 0.2) is 0 Å². The van der Waals surface area contributed by atoms with E-state index < -0.39 is 0 Å². The lowest BCUT2D eigenvalue weighted by molar-refractivity contribution is 0.0604. The zero-order chi connectivity index (χ0) is 12.8. The average Bonchev–Trinajstić information content (AvgIpc) is 2.40. The van der Waals surface area contributed by atoms with Crippen molar-refractivity contribution in [2.75, 3.05) is 19.8 Å². The Morgan fingerprint density at radius 1 is 1.50 bits per heavy atom. The Labute approximate surface area is 117 Å². The van der Waals surface area contributed by atoms with Crippen molar-refractivity contribution < 1.29 is 4.74 Å². The smallest absolute Gasteiger partial charge is 0.0714 e. The van der Waals surface area contributed by atoms with Crippen molar-refractivity contribution in [3.63, 3.8) is 0 Å². The van der Waals surface area contributed by atoms with E-state index in [1.54, 1.807) is 0 Å². The molecule has 1 fully saturated rings. The molecule has 4 heteroatoms. The van der Waals surface area contributed by atoms with E-state index in [-0.39, 0.29) is 0 Å². The Kier molecular flexibility index (Phi) is 5.60. The highest BCUT2D eigenvalue weighted by Crippen LogP contribution is 2.30. The van der Waals surface area contributed by atoms with Gasteiger partial charge in [-0.05, 0) is 59.8 Å². The molecule has 0 spiro atoms. The monoisotopic (exact) mass is 312 g/mol. The van der Waals surface area contributed by atoms with E-state index in [2.05, 4.69) is 39.2 Å². The van der Waals surface area contributed by atoms with E-state index in [0.29, 0.717) is 6.04 Å². The average molecular weight is 313 g/mol. The number of hydrogen-bond acceptors (Lipinski definition) is 3. The quantitative estimate of drug-likeness (QED) is 0.905. The summed E-state index contributed by atoms with van der Waals surface area (Å²) in [6, 6.07) is 4.37. The fraction of sp³-hybridized carbons (Fsp3) is 0.643. The van der Waals surface area contributed by atoms with Gasteiger partial charge in [0.25, 0.3) is 0 Å². The van der Waals surface area contributed by atoms with E-state index in [0.717, 1.165) is 42.3 Å². The van der Waals surface area contributed by atoms with Gasteiger partial charge in [-0.3, -0.25) is 4.98 Å². The van der Waals surface area contributed by atoms with Crippen molar-refractivity contribution >= 4 is 15.9 Å². The lowest BCUT2D eigenvalue weighted by Gasteiger charge is -2.27. The molecule has 1 aliphatic heterocycles. The molecule has 1 atom stereocenters. The fourth-order valence-corrected chi connectivity index (χ4v) is 3.04. The first kappa shape index (κ1) is 14.0. The summed E-state index contributed by atoms with van der Waals surface area (Å²) >= 11 is 3.60. The second-order valence-electron chi connectivity index (χ2n) is 4.77. The molecule has 2 heterocycles. The second kappa shape index (κ2) is 7.22. The lowest BCUT2D eigenvalue weighted by atomic mass is 9.91. The molecule has 0 amide bonds. The number of nitrogens with one attached hydrogen (secondary N) is 1. The molecule has 1 N–H and O–H groups in total. The van der Waals surface area contributed by atoms with Crippen molar-refractivity contribution in [2.45, 2.75) is 32.2 Å². The van der Waals surface area contributed by atoms with Crippen LogP contribution >= 0.6 is 15.9 Å². The molecule has 0 aromatic carbocycles. The summed E-state index contributed by atoms with van der Waals surface area (Å²) in [4.78, 5) is 4.52. The minimum atomic E-state index is 0.341. The number of aromatic nitrogens is 1. The van der Waals surface area contributed by atoms with Gasteiger partial charge < -0.3 is 10.1 Å². The zero-order valence-electron chi connectivity index (χ0n) is 10.9. The number of ether oxygens (including phenoxy) is 1. The number of halogens is 1. The van der Waals surface area contributed by atoms with Crippen LogP contribution in [0, 0.1) is 5.92 Å². The second-order valence-corrected chi connectivity index (χ2v) is 5.63. The Morgan fingerprint density at radius 2 is 2.28 bits per heavy atom. The van der Waals surface area contributed by atoms with Crippen LogP contribution in [0.2, 0.25) is 0 Å². The maximum absolute atomic E-state index is 5.43. The molecule has 18 heavy (non-hydrogen) atoms. The Balaban J connectivity index is 2.05. The van der Waals surface area contributed by atoms with Gasteiger partial charge in [-0.25, -0.2) is 0 Å². The molecule has 1 aliphatic rings. The molecule has 1 aromatic heterocycles. The van der Waals surface area contributed by atoms with E-state index in [1.165, 1.54) is 12.8 Å². The lowest BCUT2D eigenvalue weighted by Crippen LogP contribution is -2.27. The molecule has 100 valence electrons. The van der Waals surface area contributed by atoms with Gasteiger partial charge in [0.2, 0.25) is 0 Å². The van der Waals surface area contributed by atoms with Crippen LogP contribution in [0.4, 0.5) is 0 Å². The van der Waals surface area contributed by atoms with Crippen LogP contribution < -0.4 is 5.32 Å². The molecule has 0 radical (unpaired) electrons. The number of rotatable bonds is 5. The summed E-state index contributed by atoms with van der Waals surface area (Å²) in [6.07, 6.45) is 5.36. The van der Waals surface area contributed by atoms with Crippen molar-refractivity contribution in [2.24, 2.45) is 5.92 Å². The SMILES string of the molecule is CCNC(CC1CCOCC1)c1ncccc1Br. The van der Waals surface area contributed by atoms with Gasteiger partial charge in [0.05, 0.1) is 11.7 Å². The molecular formula is C14H21BrN2O. The predicted octanol–water partition coefficient (Wildman–Crippen LogP) is 3.31. The minimum absolute atomic E-state index is 0.341. The first-order valence-corrected chi connectivity index (χ1v) is 7.52. The van der Waals surface area contributed by atoms with Crippen LogP contribution in [0.3, 0.4) is 0 Å². The van der Waals surface area contributed by atoms with Crippen molar-refractivity contribution in [1.29, 1.82) is 0 Å². The number of nitrogens with zero attached hydrogens (tertiary/aromatic N) is 1. The molecule has 1 aromatic rings. The first-order chi connectivity index (χ1) is 8.81. The number of pyridine rings is 1. The van der Waals surface area contributed by atoms with E-state index in [4.69, 9.17) is 4.74 Å². The summed E-state index contributed by atoms with van der Waals surface area (Å²) < 4.78 is 6.53. The molecular weight excluding hydrogens is 292 g/mol. The minimum Gasteiger partial charge on any atom is -0.381 e. The third kappa shape index (κ3) is 3.77. The predicted molar refractivity (Wildman–Crippen MR) is 76.5 cm³/mol. The normalized spacial score (nSPS) is 18.8. The van der Waals surface area contributed by atoms with Crippen LogP contribution in [0.25, 0.3) is 0 Å². The molecule has 0 aliphatic carbocycles. The summed E-state index contributed by atoms with van der Waals surface area (Å²) in [5.74, 6) is 0.747. The largest absolute Gasteiger partial charge is 0.381 e. The summed E-state index contributed by atoms with van der Waals surface area (Å²) in [6.45, 7) is 4.94. The molecule has 3 nitrogen and oxygen atoms in total.